The fourth-order valence-corrected chi connectivity index (χ4v) is 8.20. The van der Waals surface area contributed by atoms with Crippen LogP contribution in [0.4, 0.5) is 13.2 Å². The van der Waals surface area contributed by atoms with Gasteiger partial charge in [-0.1, -0.05) is 32.0 Å². The number of likely N-dealkylation sites (tertiary alicyclic amines) is 1. The number of thiazole rings is 1. The largest absolute Gasteiger partial charge is 0.480 e. The zero-order valence-electron chi connectivity index (χ0n) is 24.5. The highest BCUT2D eigenvalue weighted by Crippen LogP contribution is 2.44. The molecule has 0 spiro atoms. The number of carboxylic acid groups (broad SMARTS) is 1. The van der Waals surface area contributed by atoms with Crippen molar-refractivity contribution in [1.82, 2.24) is 14.8 Å². The number of carbonyl (C=O) groups is 1. The number of aromatic nitrogens is 1. The molecule has 2 aromatic carbocycles. The van der Waals surface area contributed by atoms with E-state index in [4.69, 9.17) is 0 Å². The molecule has 2 heterocycles. The number of aliphatic carboxylic acids is 1. The molecule has 226 valence electrons. The number of nitrogens with zero attached hydrogens (tertiary/aromatic N) is 3. The minimum atomic E-state index is -0.797. The summed E-state index contributed by atoms with van der Waals surface area (Å²) in [6.45, 7) is 6.68. The van der Waals surface area contributed by atoms with Crippen LogP contribution < -0.4 is 0 Å². The molecule has 0 bridgehead atoms. The maximum absolute atomic E-state index is 14.2. The first-order chi connectivity index (χ1) is 20.1. The molecule has 5 nitrogen and oxygen atoms in total. The number of piperidine rings is 1. The van der Waals surface area contributed by atoms with Crippen molar-refractivity contribution >= 4 is 17.3 Å². The maximum Gasteiger partial charge on any atom is 0.321 e. The van der Waals surface area contributed by atoms with Crippen LogP contribution in [0.5, 0.6) is 0 Å². The first-order valence-corrected chi connectivity index (χ1v) is 15.7. The van der Waals surface area contributed by atoms with Gasteiger partial charge in [-0.05, 0) is 98.8 Å². The molecule has 42 heavy (non-hydrogen) atoms. The molecule has 9 heteroatoms. The summed E-state index contributed by atoms with van der Waals surface area (Å²) in [5.41, 5.74) is 1.44. The fraction of sp³-hybridized carbons (Fsp3) is 0.515. The minimum Gasteiger partial charge on any atom is -0.480 e. The van der Waals surface area contributed by atoms with Gasteiger partial charge in [0.1, 0.15) is 23.5 Å². The van der Waals surface area contributed by atoms with Gasteiger partial charge in [-0.3, -0.25) is 9.69 Å². The first kappa shape index (κ1) is 30.7. The molecule has 1 saturated carbocycles. The van der Waals surface area contributed by atoms with E-state index < -0.39 is 23.6 Å². The maximum atomic E-state index is 14.2. The molecule has 5 rings (SSSR count). The van der Waals surface area contributed by atoms with Crippen LogP contribution in [-0.2, 0) is 11.2 Å². The second-order valence-electron chi connectivity index (χ2n) is 12.4. The SMILES string of the molecule is CC(C)[C@H](C(=O)O)N(C)C1CC(CN2CCC(c3cnc(Cc4ccc(F)cc4F)s3)CC2)C(c2cccc(F)c2)C1. The molecular formula is C33H40F3N3O2S. The smallest absolute Gasteiger partial charge is 0.321 e. The number of halogens is 3. The highest BCUT2D eigenvalue weighted by atomic mass is 32.1. The average Bonchev–Trinajstić information content (AvgIpc) is 3.58. The van der Waals surface area contributed by atoms with Gasteiger partial charge in [-0.2, -0.15) is 0 Å². The van der Waals surface area contributed by atoms with Crippen LogP contribution in [0.15, 0.2) is 48.7 Å². The molecule has 0 radical (unpaired) electrons. The van der Waals surface area contributed by atoms with E-state index in [2.05, 4.69) is 9.88 Å². The van der Waals surface area contributed by atoms with Gasteiger partial charge in [0.05, 0.1) is 5.01 Å². The summed E-state index contributed by atoms with van der Waals surface area (Å²) in [7, 11) is 1.92. The number of hydrogen-bond acceptors (Lipinski definition) is 5. The zero-order chi connectivity index (χ0) is 30.0. The van der Waals surface area contributed by atoms with Crippen molar-refractivity contribution in [3.05, 3.63) is 87.1 Å². The lowest BCUT2D eigenvalue weighted by atomic mass is 9.87. The van der Waals surface area contributed by atoms with E-state index in [0.717, 1.165) is 62.0 Å². The molecule has 1 N–H and O–H groups in total. The highest BCUT2D eigenvalue weighted by Gasteiger charge is 2.41. The second kappa shape index (κ2) is 13.3. The van der Waals surface area contributed by atoms with Crippen LogP contribution in [0.1, 0.15) is 72.4 Å². The topological polar surface area (TPSA) is 56.7 Å². The quantitative estimate of drug-likeness (QED) is 0.274. The van der Waals surface area contributed by atoms with Crippen LogP contribution in [0.3, 0.4) is 0 Å². The molecular weight excluding hydrogens is 559 g/mol. The minimum absolute atomic E-state index is 0.0137. The molecule has 0 amide bonds. The monoisotopic (exact) mass is 599 g/mol. The third-order valence-electron chi connectivity index (χ3n) is 9.26. The zero-order valence-corrected chi connectivity index (χ0v) is 25.3. The molecule has 1 aliphatic carbocycles. The molecule has 1 saturated heterocycles. The Morgan fingerprint density at radius 2 is 1.83 bits per heavy atom. The number of carboxylic acids is 1. The van der Waals surface area contributed by atoms with Crippen molar-refractivity contribution in [3.8, 4) is 0 Å². The first-order valence-electron chi connectivity index (χ1n) is 14.9. The molecule has 1 aliphatic heterocycles. The van der Waals surface area contributed by atoms with Gasteiger partial charge in [-0.25, -0.2) is 18.2 Å². The van der Waals surface area contributed by atoms with Crippen LogP contribution in [-0.4, -0.2) is 64.6 Å². The number of benzene rings is 2. The Kier molecular flexibility index (Phi) is 9.70. The number of likely N-dealkylation sites (N-methyl/N-ethyl adjacent to an activating group) is 1. The summed E-state index contributed by atoms with van der Waals surface area (Å²) < 4.78 is 41.6. The van der Waals surface area contributed by atoms with Gasteiger partial charge in [-0.15, -0.1) is 11.3 Å². The highest BCUT2D eigenvalue weighted by molar-refractivity contribution is 7.11. The third kappa shape index (κ3) is 7.06. The van der Waals surface area contributed by atoms with E-state index >= 15 is 0 Å². The summed E-state index contributed by atoms with van der Waals surface area (Å²) in [6.07, 6.45) is 5.96. The third-order valence-corrected chi connectivity index (χ3v) is 10.4. The predicted octanol–water partition coefficient (Wildman–Crippen LogP) is 6.93. The lowest BCUT2D eigenvalue weighted by Gasteiger charge is -2.35. The van der Waals surface area contributed by atoms with Crippen LogP contribution in [0.2, 0.25) is 0 Å². The Morgan fingerprint density at radius 3 is 2.50 bits per heavy atom. The predicted molar refractivity (Wildman–Crippen MR) is 159 cm³/mol. The summed E-state index contributed by atoms with van der Waals surface area (Å²) in [5.74, 6) is -1.30. The Hall–Kier alpha value is -2.75. The van der Waals surface area contributed by atoms with E-state index in [9.17, 15) is 23.1 Å². The Labute approximate surface area is 250 Å². The molecule has 3 aromatic rings. The van der Waals surface area contributed by atoms with Crippen molar-refractivity contribution in [2.75, 3.05) is 26.7 Å². The van der Waals surface area contributed by atoms with Crippen molar-refractivity contribution in [2.24, 2.45) is 11.8 Å². The van der Waals surface area contributed by atoms with Crippen LogP contribution >= 0.6 is 11.3 Å². The van der Waals surface area contributed by atoms with E-state index in [1.54, 1.807) is 23.5 Å². The van der Waals surface area contributed by atoms with Crippen molar-refractivity contribution in [3.63, 3.8) is 0 Å². The summed E-state index contributed by atoms with van der Waals surface area (Å²) in [5, 5.41) is 10.7. The van der Waals surface area contributed by atoms with Crippen LogP contribution in [0, 0.1) is 29.3 Å². The van der Waals surface area contributed by atoms with Gasteiger partial charge in [0, 0.05) is 36.1 Å². The van der Waals surface area contributed by atoms with Gasteiger partial charge < -0.3 is 10.0 Å². The molecule has 2 aliphatic rings. The second-order valence-corrected chi connectivity index (χ2v) is 13.5. The standard InChI is InChI=1S/C33H40F3N3O2S/c1-20(2)32(33(40)41)38(3)27-14-24(28(17-27)22-5-4-6-25(34)13-22)19-39-11-9-21(10-12-39)30-18-37-31(42-30)15-23-7-8-26(35)16-29(23)36/h4-8,13,16,18,20-21,24,27-28,32H,9-12,14-15,17,19H2,1-3H3,(H,40,41)/t24?,27?,28?,32-/m1/s1. The average molecular weight is 600 g/mol. The number of hydrogen-bond donors (Lipinski definition) is 1. The number of rotatable bonds is 10. The Bertz CT molecular complexity index is 1370. The molecule has 2 fully saturated rings. The molecule has 4 atom stereocenters. The summed E-state index contributed by atoms with van der Waals surface area (Å²) in [6, 6.07) is 10.1. The van der Waals surface area contributed by atoms with Gasteiger partial charge in [0.15, 0.2) is 0 Å². The van der Waals surface area contributed by atoms with Crippen molar-refractivity contribution in [2.45, 2.75) is 69.9 Å². The van der Waals surface area contributed by atoms with Gasteiger partial charge in [0.25, 0.3) is 0 Å². The normalized spacial score (nSPS) is 22.7. The van der Waals surface area contributed by atoms with Crippen LogP contribution in [0.25, 0.3) is 0 Å². The van der Waals surface area contributed by atoms with E-state index in [0.29, 0.717) is 23.8 Å². The Balaban J connectivity index is 1.22. The lowest BCUT2D eigenvalue weighted by molar-refractivity contribution is -0.145. The van der Waals surface area contributed by atoms with E-state index in [-0.39, 0.29) is 23.7 Å². The summed E-state index contributed by atoms with van der Waals surface area (Å²) in [4.78, 5) is 22.3. The van der Waals surface area contributed by atoms with Crippen molar-refractivity contribution < 1.29 is 23.1 Å². The van der Waals surface area contributed by atoms with Gasteiger partial charge >= 0.3 is 5.97 Å². The fourth-order valence-electron chi connectivity index (χ4n) is 7.09. The summed E-state index contributed by atoms with van der Waals surface area (Å²) >= 11 is 1.61. The lowest BCUT2D eigenvalue weighted by Crippen LogP contribution is -2.47. The van der Waals surface area contributed by atoms with Gasteiger partial charge in [0.2, 0.25) is 0 Å². The Morgan fingerprint density at radius 1 is 1.10 bits per heavy atom. The molecule has 1 aromatic heterocycles. The molecule has 3 unspecified atom stereocenters. The van der Waals surface area contributed by atoms with Crippen molar-refractivity contribution in [1.29, 1.82) is 0 Å². The van der Waals surface area contributed by atoms with E-state index in [1.807, 2.05) is 38.1 Å². The van der Waals surface area contributed by atoms with E-state index in [1.165, 1.54) is 23.1 Å².